The van der Waals surface area contributed by atoms with Gasteiger partial charge in [-0.05, 0) is 48.5 Å². The van der Waals surface area contributed by atoms with Gasteiger partial charge in [0, 0.05) is 16.8 Å². The molecular formula is C19H16N6OS2. The van der Waals surface area contributed by atoms with E-state index in [0.717, 1.165) is 27.6 Å². The number of hydrogen-bond acceptors (Lipinski definition) is 6. The van der Waals surface area contributed by atoms with Gasteiger partial charge in [-0.3, -0.25) is 10.1 Å². The highest BCUT2D eigenvalue weighted by atomic mass is 32.1. The van der Waals surface area contributed by atoms with E-state index < -0.39 is 0 Å². The molecular weight excluding hydrogens is 392 g/mol. The second-order valence-electron chi connectivity index (χ2n) is 6.00. The summed E-state index contributed by atoms with van der Waals surface area (Å²) in [5.74, 6) is -0.245. The van der Waals surface area contributed by atoms with Crippen molar-refractivity contribution >= 4 is 45.2 Å². The van der Waals surface area contributed by atoms with Crippen LogP contribution in [0.5, 0.6) is 0 Å². The number of fused-ring (bicyclic) bond motifs is 1. The van der Waals surface area contributed by atoms with Crippen LogP contribution in [0.1, 0.15) is 22.8 Å². The van der Waals surface area contributed by atoms with E-state index in [2.05, 4.69) is 32.9 Å². The van der Waals surface area contributed by atoms with Crippen molar-refractivity contribution in [2.45, 2.75) is 13.3 Å². The highest BCUT2D eigenvalue weighted by Gasteiger charge is 2.10. The Balaban J connectivity index is 1.44. The van der Waals surface area contributed by atoms with Gasteiger partial charge in [0.15, 0.2) is 5.11 Å². The number of carbonyl (C=O) groups excluding carboxylic acids is 1. The third-order valence-electron chi connectivity index (χ3n) is 4.11. The van der Waals surface area contributed by atoms with Gasteiger partial charge in [-0.25, -0.2) is 0 Å². The maximum Gasteiger partial charge on any atom is 0.257 e. The van der Waals surface area contributed by atoms with Gasteiger partial charge in [0.1, 0.15) is 11.3 Å². The van der Waals surface area contributed by atoms with Gasteiger partial charge < -0.3 is 5.32 Å². The Morgan fingerprint density at radius 3 is 2.79 bits per heavy atom. The molecule has 0 aliphatic heterocycles. The molecule has 1 amide bonds. The molecule has 28 heavy (non-hydrogen) atoms. The van der Waals surface area contributed by atoms with Crippen molar-refractivity contribution in [1.82, 2.24) is 25.1 Å². The number of nitrogens with zero attached hydrogens (tertiary/aromatic N) is 4. The fourth-order valence-corrected chi connectivity index (χ4v) is 3.66. The first-order valence-corrected chi connectivity index (χ1v) is 9.83. The maximum absolute atomic E-state index is 12.3. The molecule has 4 rings (SSSR count). The maximum atomic E-state index is 12.3. The number of aromatic nitrogens is 4. The first kappa shape index (κ1) is 18.2. The lowest BCUT2D eigenvalue weighted by atomic mass is 10.1. The summed E-state index contributed by atoms with van der Waals surface area (Å²) in [5, 5.41) is 19.0. The Labute approximate surface area is 170 Å². The lowest BCUT2D eigenvalue weighted by molar-refractivity contribution is 0.0977. The molecule has 9 heteroatoms. The Bertz CT molecular complexity index is 1120. The number of aryl methyl sites for hydroxylation is 1. The van der Waals surface area contributed by atoms with E-state index in [-0.39, 0.29) is 11.0 Å². The van der Waals surface area contributed by atoms with E-state index in [1.54, 1.807) is 23.0 Å². The van der Waals surface area contributed by atoms with E-state index in [1.807, 2.05) is 36.4 Å². The van der Waals surface area contributed by atoms with Gasteiger partial charge in [0.25, 0.3) is 5.91 Å². The molecule has 0 radical (unpaired) electrons. The molecule has 2 aromatic heterocycles. The zero-order chi connectivity index (χ0) is 19.5. The van der Waals surface area contributed by atoms with Crippen molar-refractivity contribution in [3.63, 3.8) is 0 Å². The van der Waals surface area contributed by atoms with Crippen LogP contribution < -0.4 is 10.6 Å². The molecule has 140 valence electrons. The van der Waals surface area contributed by atoms with Crippen molar-refractivity contribution in [3.8, 4) is 10.6 Å². The predicted molar refractivity (Wildman–Crippen MR) is 114 cm³/mol. The summed E-state index contributed by atoms with van der Waals surface area (Å²) in [6.45, 7) is 2.07. The standard InChI is InChI=1S/C19H16N6OS2/c1-2-12-6-8-13(9-7-12)16(26)22-18(27)21-15-5-3-4-14(10-15)17-24-25-11-20-23-19(25)28-17/h3-11H,2H2,1H3,(H2,21,22,26,27). The van der Waals surface area contributed by atoms with Gasteiger partial charge in [-0.2, -0.15) is 9.61 Å². The molecule has 0 saturated carbocycles. The van der Waals surface area contributed by atoms with Crippen molar-refractivity contribution in [2.75, 3.05) is 5.32 Å². The minimum absolute atomic E-state index is 0.236. The molecule has 2 N–H and O–H groups in total. The van der Waals surface area contributed by atoms with Gasteiger partial charge in [-0.1, -0.05) is 42.5 Å². The quantitative estimate of drug-likeness (QED) is 0.503. The molecule has 0 saturated heterocycles. The molecule has 2 heterocycles. The van der Waals surface area contributed by atoms with E-state index >= 15 is 0 Å². The fraction of sp³-hybridized carbons (Fsp3) is 0.105. The predicted octanol–water partition coefficient (Wildman–Crippen LogP) is 3.54. The van der Waals surface area contributed by atoms with Crippen molar-refractivity contribution in [2.24, 2.45) is 0 Å². The average molecular weight is 409 g/mol. The summed E-state index contributed by atoms with van der Waals surface area (Å²) in [5.41, 5.74) is 3.43. The Morgan fingerprint density at radius 1 is 1.21 bits per heavy atom. The van der Waals surface area contributed by atoms with Crippen molar-refractivity contribution < 1.29 is 4.79 Å². The smallest absolute Gasteiger partial charge is 0.257 e. The molecule has 2 aromatic carbocycles. The van der Waals surface area contributed by atoms with Crippen molar-refractivity contribution in [1.29, 1.82) is 0 Å². The summed E-state index contributed by atoms with van der Waals surface area (Å²) >= 11 is 6.72. The Kier molecular flexibility index (Phi) is 5.09. The highest BCUT2D eigenvalue weighted by Crippen LogP contribution is 2.26. The van der Waals surface area contributed by atoms with Crippen LogP contribution in [0.25, 0.3) is 15.5 Å². The topological polar surface area (TPSA) is 84.2 Å². The largest absolute Gasteiger partial charge is 0.332 e. The third kappa shape index (κ3) is 3.90. The van der Waals surface area contributed by atoms with Crippen LogP contribution in [0.3, 0.4) is 0 Å². The number of thiocarbonyl (C=S) groups is 1. The Morgan fingerprint density at radius 2 is 2.04 bits per heavy atom. The van der Waals surface area contributed by atoms with Crippen LogP contribution >= 0.6 is 23.6 Å². The number of amides is 1. The number of nitrogens with one attached hydrogen (secondary N) is 2. The zero-order valence-corrected chi connectivity index (χ0v) is 16.5. The molecule has 0 aliphatic carbocycles. The molecule has 0 spiro atoms. The number of benzene rings is 2. The SMILES string of the molecule is CCc1ccc(C(=O)NC(=S)Nc2cccc(-c3nn4cnnc4s3)c2)cc1. The van der Waals surface area contributed by atoms with E-state index in [9.17, 15) is 4.79 Å². The molecule has 7 nitrogen and oxygen atoms in total. The van der Waals surface area contributed by atoms with Crippen LogP contribution in [-0.4, -0.2) is 30.8 Å². The van der Waals surface area contributed by atoms with Crippen LogP contribution in [0.4, 0.5) is 5.69 Å². The van der Waals surface area contributed by atoms with Gasteiger partial charge in [0.05, 0.1) is 0 Å². The molecule has 0 atom stereocenters. The van der Waals surface area contributed by atoms with Crippen LogP contribution in [0.2, 0.25) is 0 Å². The normalized spacial score (nSPS) is 10.8. The van der Waals surface area contributed by atoms with Gasteiger partial charge >= 0.3 is 0 Å². The second-order valence-corrected chi connectivity index (χ2v) is 7.37. The number of anilines is 1. The summed E-state index contributed by atoms with van der Waals surface area (Å²) in [6.07, 6.45) is 2.49. The average Bonchev–Trinajstić information content (AvgIpc) is 3.30. The molecule has 0 aliphatic rings. The summed E-state index contributed by atoms with van der Waals surface area (Å²) in [6, 6.07) is 15.1. The first-order valence-electron chi connectivity index (χ1n) is 8.61. The molecule has 0 bridgehead atoms. The van der Waals surface area contributed by atoms with E-state index in [4.69, 9.17) is 12.2 Å². The Hall–Kier alpha value is -3.17. The second kappa shape index (κ2) is 7.83. The number of carbonyl (C=O) groups is 1. The van der Waals surface area contributed by atoms with Crippen LogP contribution in [0, 0.1) is 0 Å². The highest BCUT2D eigenvalue weighted by molar-refractivity contribution is 7.80. The summed E-state index contributed by atoms with van der Waals surface area (Å²) in [4.78, 5) is 13.1. The summed E-state index contributed by atoms with van der Waals surface area (Å²) < 4.78 is 1.63. The minimum atomic E-state index is -0.245. The lowest BCUT2D eigenvalue weighted by Gasteiger charge is -2.10. The molecule has 4 aromatic rings. The van der Waals surface area contributed by atoms with Gasteiger partial charge in [-0.15, -0.1) is 10.2 Å². The zero-order valence-electron chi connectivity index (χ0n) is 14.9. The van der Waals surface area contributed by atoms with Crippen molar-refractivity contribution in [3.05, 3.63) is 66.0 Å². The van der Waals surface area contributed by atoms with Gasteiger partial charge in [0.2, 0.25) is 4.96 Å². The number of rotatable bonds is 4. The van der Waals surface area contributed by atoms with Crippen LogP contribution in [0.15, 0.2) is 54.9 Å². The molecule has 0 unspecified atom stereocenters. The molecule has 0 fully saturated rings. The summed E-state index contributed by atoms with van der Waals surface area (Å²) in [7, 11) is 0. The van der Waals surface area contributed by atoms with E-state index in [0.29, 0.717) is 5.56 Å². The third-order valence-corrected chi connectivity index (χ3v) is 5.27. The first-order chi connectivity index (χ1) is 13.6. The van der Waals surface area contributed by atoms with Crippen LogP contribution in [-0.2, 0) is 6.42 Å². The fourth-order valence-electron chi connectivity index (χ4n) is 2.64. The minimum Gasteiger partial charge on any atom is -0.332 e. The number of hydrogen-bond donors (Lipinski definition) is 2. The monoisotopic (exact) mass is 408 g/mol. The lowest BCUT2D eigenvalue weighted by Crippen LogP contribution is -2.34. The van der Waals surface area contributed by atoms with E-state index in [1.165, 1.54) is 16.9 Å².